The van der Waals surface area contributed by atoms with Gasteiger partial charge in [0.15, 0.2) is 0 Å². The first-order valence-corrected chi connectivity index (χ1v) is 11.6. The van der Waals surface area contributed by atoms with Crippen LogP contribution < -0.4 is 0 Å². The zero-order chi connectivity index (χ0) is 21.9. The fourth-order valence-corrected chi connectivity index (χ4v) is 2.89. The minimum atomic E-state index is -0.298. The number of hydroxylamine groups is 2. The van der Waals surface area contributed by atoms with Crippen LogP contribution in [-0.4, -0.2) is 34.1 Å². The SMILES string of the molecule is C=C(CCC(C)(C)OCCC(C)C)ON1C(=O)CCC1=O.SSc1ccccn1. The van der Waals surface area contributed by atoms with Gasteiger partial charge in [-0.3, -0.25) is 9.59 Å². The lowest BCUT2D eigenvalue weighted by Gasteiger charge is -2.26. The molecule has 0 aliphatic carbocycles. The highest BCUT2D eigenvalue weighted by molar-refractivity contribution is 8.68. The predicted molar refractivity (Wildman–Crippen MR) is 119 cm³/mol. The topological polar surface area (TPSA) is 68.7 Å². The molecule has 0 saturated carbocycles. The zero-order valence-corrected chi connectivity index (χ0v) is 19.4. The van der Waals surface area contributed by atoms with Gasteiger partial charge in [0.25, 0.3) is 11.8 Å². The van der Waals surface area contributed by atoms with Crippen LogP contribution in [0.2, 0.25) is 0 Å². The Hall–Kier alpha value is -1.51. The third-order valence-electron chi connectivity index (χ3n) is 4.15. The Balaban J connectivity index is 0.000000436. The van der Waals surface area contributed by atoms with E-state index in [9.17, 15) is 9.59 Å². The summed E-state index contributed by atoms with van der Waals surface area (Å²) in [6.45, 7) is 12.9. The summed E-state index contributed by atoms with van der Waals surface area (Å²) in [5, 5.41) is 1.77. The van der Waals surface area contributed by atoms with Crippen molar-refractivity contribution in [2.45, 2.75) is 70.4 Å². The molecular weight excluding hydrogens is 408 g/mol. The predicted octanol–water partition coefficient (Wildman–Crippen LogP) is 5.22. The fraction of sp³-hybridized carbons (Fsp3) is 0.571. The van der Waals surface area contributed by atoms with E-state index in [-0.39, 0.29) is 30.3 Å². The molecule has 2 rings (SSSR count). The molecule has 0 radical (unpaired) electrons. The average molecular weight is 441 g/mol. The molecule has 6 nitrogen and oxygen atoms in total. The number of thiol groups is 1. The van der Waals surface area contributed by atoms with E-state index in [2.05, 4.69) is 37.1 Å². The lowest BCUT2D eigenvalue weighted by atomic mass is 10.0. The number of allylic oxidation sites excluding steroid dienone is 1. The van der Waals surface area contributed by atoms with Gasteiger partial charge in [0.2, 0.25) is 0 Å². The number of carbonyl (C=O) groups is 2. The maximum absolute atomic E-state index is 11.4. The number of nitrogens with zero attached hydrogens (tertiary/aromatic N) is 2. The Bertz CT molecular complexity index is 650. The van der Waals surface area contributed by atoms with Crippen molar-refractivity contribution < 1.29 is 19.2 Å². The molecule has 0 aromatic carbocycles. The molecule has 8 heteroatoms. The van der Waals surface area contributed by atoms with Crippen LogP contribution in [0.3, 0.4) is 0 Å². The minimum Gasteiger partial charge on any atom is -0.376 e. The summed E-state index contributed by atoms with van der Waals surface area (Å²) >= 11 is 3.96. The molecule has 162 valence electrons. The molecule has 0 bridgehead atoms. The molecule has 2 heterocycles. The van der Waals surface area contributed by atoms with Gasteiger partial charge in [0, 0.05) is 32.1 Å². The lowest BCUT2D eigenvalue weighted by Crippen LogP contribution is -2.30. The number of aromatic nitrogens is 1. The monoisotopic (exact) mass is 440 g/mol. The number of hydrogen-bond acceptors (Lipinski definition) is 7. The molecule has 1 aliphatic heterocycles. The summed E-state index contributed by atoms with van der Waals surface area (Å²) < 4.78 is 5.86. The number of hydrogen-bond donors (Lipinski definition) is 1. The maximum atomic E-state index is 11.4. The molecular formula is C21H32N2O4S2. The molecule has 0 N–H and O–H groups in total. The van der Waals surface area contributed by atoms with E-state index >= 15 is 0 Å². The van der Waals surface area contributed by atoms with Gasteiger partial charge in [-0.1, -0.05) is 26.5 Å². The van der Waals surface area contributed by atoms with Crippen LogP contribution >= 0.6 is 22.5 Å². The van der Waals surface area contributed by atoms with E-state index in [1.807, 2.05) is 32.0 Å². The fourth-order valence-electron chi connectivity index (χ4n) is 2.32. The van der Waals surface area contributed by atoms with Crippen LogP contribution in [0, 0.1) is 5.92 Å². The van der Waals surface area contributed by atoms with Gasteiger partial charge < -0.3 is 9.57 Å². The lowest BCUT2D eigenvalue weighted by molar-refractivity contribution is -0.177. The Morgan fingerprint density at radius 2 is 1.97 bits per heavy atom. The number of amides is 2. The zero-order valence-electron chi connectivity index (χ0n) is 17.7. The Morgan fingerprint density at radius 3 is 2.45 bits per heavy atom. The van der Waals surface area contributed by atoms with Gasteiger partial charge in [0.05, 0.1) is 5.60 Å². The van der Waals surface area contributed by atoms with Gasteiger partial charge in [0.1, 0.15) is 10.8 Å². The summed E-state index contributed by atoms with van der Waals surface area (Å²) in [4.78, 5) is 32.1. The van der Waals surface area contributed by atoms with E-state index in [1.165, 1.54) is 10.8 Å². The van der Waals surface area contributed by atoms with E-state index in [0.29, 0.717) is 18.1 Å². The Morgan fingerprint density at radius 1 is 1.31 bits per heavy atom. The van der Waals surface area contributed by atoms with Crippen LogP contribution in [-0.2, 0) is 19.2 Å². The molecule has 2 amide bonds. The van der Waals surface area contributed by atoms with Gasteiger partial charge in [-0.2, -0.15) is 0 Å². The molecule has 1 fully saturated rings. The highest BCUT2D eigenvalue weighted by Crippen LogP contribution is 2.23. The average Bonchev–Trinajstić information content (AvgIpc) is 2.99. The van der Waals surface area contributed by atoms with Gasteiger partial charge >= 0.3 is 0 Å². The molecule has 1 aromatic heterocycles. The summed E-state index contributed by atoms with van der Waals surface area (Å²) in [5.41, 5.74) is -0.278. The van der Waals surface area contributed by atoms with Gasteiger partial charge in [-0.15, -0.1) is 16.7 Å². The van der Waals surface area contributed by atoms with Crippen molar-refractivity contribution in [3.8, 4) is 0 Å². The third kappa shape index (κ3) is 10.7. The second-order valence-corrected chi connectivity index (χ2v) is 8.91. The molecule has 29 heavy (non-hydrogen) atoms. The number of imide groups is 1. The van der Waals surface area contributed by atoms with Crippen molar-refractivity contribution in [1.82, 2.24) is 10.0 Å². The minimum absolute atomic E-state index is 0.218. The third-order valence-corrected chi connectivity index (χ3v) is 5.14. The quantitative estimate of drug-likeness (QED) is 0.233. The first-order chi connectivity index (χ1) is 13.6. The van der Waals surface area contributed by atoms with E-state index in [4.69, 9.17) is 9.57 Å². The van der Waals surface area contributed by atoms with Crippen LogP contribution in [0.1, 0.15) is 59.8 Å². The second kappa shape index (κ2) is 12.9. The van der Waals surface area contributed by atoms with Gasteiger partial charge in [-0.25, -0.2) is 4.98 Å². The second-order valence-electron chi connectivity index (χ2n) is 7.76. The van der Waals surface area contributed by atoms with E-state index in [0.717, 1.165) is 29.5 Å². The van der Waals surface area contributed by atoms with Gasteiger partial charge in [-0.05, 0) is 55.5 Å². The van der Waals surface area contributed by atoms with Crippen LogP contribution in [0.15, 0.2) is 41.8 Å². The van der Waals surface area contributed by atoms with Crippen molar-refractivity contribution in [3.63, 3.8) is 0 Å². The van der Waals surface area contributed by atoms with Crippen LogP contribution in [0.25, 0.3) is 0 Å². The molecule has 1 aliphatic rings. The molecule has 1 saturated heterocycles. The number of carbonyl (C=O) groups excluding carboxylic acids is 2. The first-order valence-electron chi connectivity index (χ1n) is 9.72. The molecule has 0 atom stereocenters. The maximum Gasteiger partial charge on any atom is 0.263 e. The van der Waals surface area contributed by atoms with E-state index in [1.54, 1.807) is 6.20 Å². The summed E-state index contributed by atoms with van der Waals surface area (Å²) in [5.74, 6) is 0.438. The van der Waals surface area contributed by atoms with Crippen molar-refractivity contribution in [3.05, 3.63) is 36.7 Å². The van der Waals surface area contributed by atoms with Crippen LogP contribution in [0.5, 0.6) is 0 Å². The highest BCUT2D eigenvalue weighted by Gasteiger charge is 2.31. The molecule has 0 spiro atoms. The summed E-state index contributed by atoms with van der Waals surface area (Å²) in [6, 6.07) is 5.73. The summed E-state index contributed by atoms with van der Waals surface area (Å²) in [7, 11) is 1.35. The molecule has 1 aromatic rings. The highest BCUT2D eigenvalue weighted by atomic mass is 33.1. The van der Waals surface area contributed by atoms with Crippen molar-refractivity contribution >= 4 is 34.3 Å². The van der Waals surface area contributed by atoms with Crippen LogP contribution in [0.4, 0.5) is 0 Å². The normalized spacial score (nSPS) is 14.1. The first kappa shape index (κ1) is 25.5. The largest absolute Gasteiger partial charge is 0.376 e. The van der Waals surface area contributed by atoms with Crippen molar-refractivity contribution in [2.24, 2.45) is 5.92 Å². The number of pyridine rings is 1. The molecule has 0 unspecified atom stereocenters. The Kier molecular flexibility index (Phi) is 11.4. The standard InChI is InChI=1S/C16H27NO4.C5H5NS2/c1-12(2)9-11-20-16(4,5)10-8-13(3)21-17-14(18)6-7-15(17)19;7-8-5-3-1-2-4-6-5/h12H,3,6-11H2,1-2,4-5H3;1-4,7H. The summed E-state index contributed by atoms with van der Waals surface area (Å²) in [6.07, 6.45) is 4.48. The number of rotatable bonds is 10. The van der Waals surface area contributed by atoms with Crippen molar-refractivity contribution in [1.29, 1.82) is 0 Å². The van der Waals surface area contributed by atoms with E-state index < -0.39 is 0 Å². The van der Waals surface area contributed by atoms with Crippen molar-refractivity contribution in [2.75, 3.05) is 6.61 Å². The Labute approximate surface area is 183 Å². The number of ether oxygens (including phenoxy) is 1. The smallest absolute Gasteiger partial charge is 0.263 e.